The van der Waals surface area contributed by atoms with Gasteiger partial charge >= 0.3 is 0 Å². The summed E-state index contributed by atoms with van der Waals surface area (Å²) in [6.45, 7) is 3.59. The van der Waals surface area contributed by atoms with Gasteiger partial charge in [-0.15, -0.1) is 0 Å². The Morgan fingerprint density at radius 3 is 2.70 bits per heavy atom. The van der Waals surface area contributed by atoms with Crippen LogP contribution in [0.1, 0.15) is 18.5 Å². The van der Waals surface area contributed by atoms with Crippen LogP contribution in [0.3, 0.4) is 0 Å². The predicted octanol–water partition coefficient (Wildman–Crippen LogP) is 1.92. The maximum atomic E-state index is 13.6. The zero-order valence-electron chi connectivity index (χ0n) is 12.4. The van der Waals surface area contributed by atoms with Gasteiger partial charge in [0.1, 0.15) is 0 Å². The van der Waals surface area contributed by atoms with Gasteiger partial charge in [0.2, 0.25) is 0 Å². The molecule has 0 aliphatic heterocycles. The molecular formula is C14H22FN3OS. The molecule has 0 fully saturated rings. The summed E-state index contributed by atoms with van der Waals surface area (Å²) in [6, 6.07) is 4.82. The summed E-state index contributed by atoms with van der Waals surface area (Å²) >= 11 is 5.20. The molecule has 0 aromatic heterocycles. The number of rotatable bonds is 6. The van der Waals surface area contributed by atoms with E-state index < -0.39 is 0 Å². The average Bonchev–Trinajstić information content (AvgIpc) is 2.38. The Morgan fingerprint density at radius 2 is 2.15 bits per heavy atom. The van der Waals surface area contributed by atoms with E-state index in [1.807, 2.05) is 27.1 Å². The third kappa shape index (κ3) is 5.30. The number of nitrogens with zero attached hydrogens (tertiary/aromatic N) is 1. The Balaban J connectivity index is 2.51. The van der Waals surface area contributed by atoms with Crippen LogP contribution in [0, 0.1) is 5.82 Å². The minimum absolute atomic E-state index is 0.0743. The van der Waals surface area contributed by atoms with E-state index in [1.54, 1.807) is 6.07 Å². The van der Waals surface area contributed by atoms with Gasteiger partial charge in [-0.1, -0.05) is 6.07 Å². The lowest BCUT2D eigenvalue weighted by Crippen LogP contribution is -2.39. The summed E-state index contributed by atoms with van der Waals surface area (Å²) in [5.74, 6) is -0.127. The fourth-order valence-electron chi connectivity index (χ4n) is 1.68. The first-order valence-corrected chi connectivity index (χ1v) is 6.87. The Hall–Kier alpha value is -1.40. The molecule has 1 rings (SSSR count). The van der Waals surface area contributed by atoms with Crippen molar-refractivity contribution in [3.8, 4) is 5.75 Å². The van der Waals surface area contributed by atoms with E-state index >= 15 is 0 Å². The zero-order chi connectivity index (χ0) is 15.1. The number of halogens is 1. The normalized spacial score (nSPS) is 12.1. The molecule has 0 radical (unpaired) electrons. The number of hydrogen-bond acceptors (Lipinski definition) is 3. The SMILES string of the molecule is COc1ccc([C@H](C)NC(=S)NCCN(C)C)cc1F. The molecule has 0 saturated carbocycles. The molecule has 1 aromatic carbocycles. The molecule has 0 spiro atoms. The molecule has 6 heteroatoms. The largest absolute Gasteiger partial charge is 0.494 e. The second-order valence-corrected chi connectivity index (χ2v) is 5.23. The van der Waals surface area contributed by atoms with Crippen molar-refractivity contribution in [2.75, 3.05) is 34.3 Å². The number of nitrogens with one attached hydrogen (secondary N) is 2. The molecule has 0 aliphatic carbocycles. The molecule has 2 N–H and O–H groups in total. The van der Waals surface area contributed by atoms with Crippen LogP contribution in [-0.2, 0) is 0 Å². The Morgan fingerprint density at radius 1 is 1.45 bits per heavy atom. The van der Waals surface area contributed by atoms with Crippen molar-refractivity contribution in [1.29, 1.82) is 0 Å². The smallest absolute Gasteiger partial charge is 0.166 e. The Kier molecular flexibility index (Phi) is 6.67. The van der Waals surface area contributed by atoms with Crippen molar-refractivity contribution in [3.63, 3.8) is 0 Å². The summed E-state index contributed by atoms with van der Waals surface area (Å²) in [4.78, 5) is 2.07. The fraction of sp³-hybridized carbons (Fsp3) is 0.500. The molecular weight excluding hydrogens is 277 g/mol. The quantitative estimate of drug-likeness (QED) is 0.785. The zero-order valence-corrected chi connectivity index (χ0v) is 13.2. The van der Waals surface area contributed by atoms with E-state index in [1.165, 1.54) is 13.2 Å². The minimum atomic E-state index is -0.370. The average molecular weight is 299 g/mol. The third-order valence-corrected chi connectivity index (χ3v) is 3.13. The number of methoxy groups -OCH3 is 1. The number of thiocarbonyl (C=S) groups is 1. The second kappa shape index (κ2) is 8.01. The second-order valence-electron chi connectivity index (χ2n) is 4.82. The van der Waals surface area contributed by atoms with Gasteiger partial charge in [0.25, 0.3) is 0 Å². The van der Waals surface area contributed by atoms with Gasteiger partial charge < -0.3 is 20.3 Å². The van der Waals surface area contributed by atoms with Crippen LogP contribution in [-0.4, -0.2) is 44.3 Å². The van der Waals surface area contributed by atoms with E-state index in [0.717, 1.165) is 18.7 Å². The molecule has 1 atom stereocenters. The molecule has 0 amide bonds. The highest BCUT2D eigenvalue weighted by atomic mass is 32.1. The number of likely N-dealkylation sites (N-methyl/N-ethyl adjacent to an activating group) is 1. The van der Waals surface area contributed by atoms with Crippen molar-refractivity contribution < 1.29 is 9.13 Å². The molecule has 4 nitrogen and oxygen atoms in total. The predicted molar refractivity (Wildman–Crippen MR) is 83.7 cm³/mol. The summed E-state index contributed by atoms with van der Waals surface area (Å²) < 4.78 is 18.5. The Bertz CT molecular complexity index is 454. The number of hydrogen-bond donors (Lipinski definition) is 2. The van der Waals surface area contributed by atoms with Crippen LogP contribution in [0.15, 0.2) is 18.2 Å². The maximum Gasteiger partial charge on any atom is 0.166 e. The van der Waals surface area contributed by atoms with Gasteiger partial charge in [-0.05, 0) is 50.9 Å². The van der Waals surface area contributed by atoms with Crippen LogP contribution < -0.4 is 15.4 Å². The summed E-state index contributed by atoms with van der Waals surface area (Å²) in [5.41, 5.74) is 0.819. The van der Waals surface area contributed by atoms with Crippen molar-refractivity contribution >= 4 is 17.3 Å². The number of benzene rings is 1. The highest BCUT2D eigenvalue weighted by Crippen LogP contribution is 2.21. The third-order valence-electron chi connectivity index (χ3n) is 2.87. The molecule has 0 aliphatic rings. The fourth-order valence-corrected chi connectivity index (χ4v) is 1.95. The van der Waals surface area contributed by atoms with Crippen molar-refractivity contribution in [2.45, 2.75) is 13.0 Å². The van der Waals surface area contributed by atoms with E-state index in [0.29, 0.717) is 5.11 Å². The lowest BCUT2D eigenvalue weighted by molar-refractivity contribution is 0.386. The lowest BCUT2D eigenvalue weighted by Gasteiger charge is -2.18. The van der Waals surface area contributed by atoms with Crippen molar-refractivity contribution in [1.82, 2.24) is 15.5 Å². The number of ether oxygens (including phenoxy) is 1. The summed E-state index contributed by atoms with van der Waals surface area (Å²) in [7, 11) is 5.45. The first-order valence-electron chi connectivity index (χ1n) is 6.46. The first-order chi connectivity index (χ1) is 9.43. The molecule has 1 aromatic rings. The molecule has 0 unspecified atom stereocenters. The van der Waals surface area contributed by atoms with E-state index in [4.69, 9.17) is 17.0 Å². The first kappa shape index (κ1) is 16.7. The van der Waals surface area contributed by atoms with Crippen LogP contribution in [0.5, 0.6) is 5.75 Å². The molecule has 0 heterocycles. The maximum absolute atomic E-state index is 13.6. The van der Waals surface area contributed by atoms with Gasteiger partial charge in [0, 0.05) is 13.1 Å². The van der Waals surface area contributed by atoms with Gasteiger partial charge in [-0.25, -0.2) is 4.39 Å². The van der Waals surface area contributed by atoms with Gasteiger partial charge in [-0.3, -0.25) is 0 Å². The van der Waals surface area contributed by atoms with Crippen LogP contribution in [0.2, 0.25) is 0 Å². The Labute approximate surface area is 125 Å². The monoisotopic (exact) mass is 299 g/mol. The topological polar surface area (TPSA) is 36.5 Å². The molecule has 0 saturated heterocycles. The molecule has 20 heavy (non-hydrogen) atoms. The highest BCUT2D eigenvalue weighted by Gasteiger charge is 2.10. The lowest BCUT2D eigenvalue weighted by atomic mass is 10.1. The highest BCUT2D eigenvalue weighted by molar-refractivity contribution is 7.80. The minimum Gasteiger partial charge on any atom is -0.494 e. The van der Waals surface area contributed by atoms with E-state index in [-0.39, 0.29) is 17.6 Å². The molecule has 0 bridgehead atoms. The van der Waals surface area contributed by atoms with Crippen molar-refractivity contribution in [3.05, 3.63) is 29.6 Å². The molecule has 112 valence electrons. The van der Waals surface area contributed by atoms with Crippen LogP contribution in [0.4, 0.5) is 4.39 Å². The van der Waals surface area contributed by atoms with Gasteiger partial charge in [0.05, 0.1) is 13.2 Å². The standard InChI is InChI=1S/C14H22FN3OS/c1-10(17-14(20)16-7-8-18(2)3)11-5-6-13(19-4)12(15)9-11/h5-6,9-10H,7-8H2,1-4H3,(H2,16,17,20)/t10-/m0/s1. The summed E-state index contributed by atoms with van der Waals surface area (Å²) in [6.07, 6.45) is 0. The van der Waals surface area contributed by atoms with E-state index in [2.05, 4.69) is 15.5 Å². The van der Waals surface area contributed by atoms with E-state index in [9.17, 15) is 4.39 Å². The summed E-state index contributed by atoms with van der Waals surface area (Å²) in [5, 5.41) is 6.81. The van der Waals surface area contributed by atoms with Gasteiger partial charge in [0.15, 0.2) is 16.7 Å². The van der Waals surface area contributed by atoms with Gasteiger partial charge in [-0.2, -0.15) is 0 Å². The van der Waals surface area contributed by atoms with Crippen LogP contribution in [0.25, 0.3) is 0 Å². The van der Waals surface area contributed by atoms with Crippen LogP contribution >= 0.6 is 12.2 Å². The van der Waals surface area contributed by atoms with Crippen molar-refractivity contribution in [2.24, 2.45) is 0 Å².